The van der Waals surface area contributed by atoms with Crippen molar-refractivity contribution in [3.05, 3.63) is 34.9 Å². The summed E-state index contributed by atoms with van der Waals surface area (Å²) in [6, 6.07) is 6.35. The lowest BCUT2D eigenvalue weighted by Gasteiger charge is -2.37. The standard InChI is InChI=1S/C17H26N2O/c1-12-8-13(2)10-15(9-12)17(20)19(3)16-7-5-4-6-14(16)11-18/h8-10,14,16H,4-7,11,18H2,1-3H3. The quantitative estimate of drug-likeness (QED) is 0.921. The highest BCUT2D eigenvalue weighted by Crippen LogP contribution is 2.28. The van der Waals surface area contributed by atoms with Gasteiger partial charge in [-0.25, -0.2) is 0 Å². The molecule has 2 unspecified atom stereocenters. The van der Waals surface area contributed by atoms with E-state index in [0.29, 0.717) is 18.5 Å². The van der Waals surface area contributed by atoms with E-state index in [1.807, 2.05) is 37.9 Å². The van der Waals surface area contributed by atoms with Crippen molar-refractivity contribution in [2.24, 2.45) is 11.7 Å². The molecule has 0 radical (unpaired) electrons. The van der Waals surface area contributed by atoms with Crippen LogP contribution in [0, 0.1) is 19.8 Å². The van der Waals surface area contributed by atoms with Crippen LogP contribution in [0.3, 0.4) is 0 Å². The molecule has 1 aromatic rings. The number of hydrogen-bond acceptors (Lipinski definition) is 2. The molecule has 3 heteroatoms. The molecule has 110 valence electrons. The normalized spacial score (nSPS) is 22.6. The summed E-state index contributed by atoms with van der Waals surface area (Å²) < 4.78 is 0. The van der Waals surface area contributed by atoms with Crippen LogP contribution >= 0.6 is 0 Å². The number of nitrogens with zero attached hydrogens (tertiary/aromatic N) is 1. The zero-order valence-electron chi connectivity index (χ0n) is 12.9. The topological polar surface area (TPSA) is 46.3 Å². The van der Waals surface area contributed by atoms with Crippen LogP contribution in [0.1, 0.15) is 47.2 Å². The zero-order valence-corrected chi connectivity index (χ0v) is 12.9. The Hall–Kier alpha value is -1.35. The minimum Gasteiger partial charge on any atom is -0.338 e. The number of nitrogens with two attached hydrogens (primary N) is 1. The van der Waals surface area contributed by atoms with Crippen molar-refractivity contribution in [2.75, 3.05) is 13.6 Å². The van der Waals surface area contributed by atoms with E-state index in [1.165, 1.54) is 12.8 Å². The van der Waals surface area contributed by atoms with Gasteiger partial charge in [-0.15, -0.1) is 0 Å². The van der Waals surface area contributed by atoms with E-state index >= 15 is 0 Å². The lowest BCUT2D eigenvalue weighted by atomic mass is 9.83. The van der Waals surface area contributed by atoms with E-state index in [0.717, 1.165) is 29.5 Å². The Balaban J connectivity index is 2.18. The molecule has 1 fully saturated rings. The van der Waals surface area contributed by atoms with E-state index < -0.39 is 0 Å². The first-order valence-electron chi connectivity index (χ1n) is 7.58. The summed E-state index contributed by atoms with van der Waals surface area (Å²) >= 11 is 0. The second kappa shape index (κ2) is 6.40. The molecule has 2 atom stereocenters. The molecule has 1 aliphatic rings. The summed E-state index contributed by atoms with van der Waals surface area (Å²) in [4.78, 5) is 14.6. The summed E-state index contributed by atoms with van der Waals surface area (Å²) in [5, 5.41) is 0. The largest absolute Gasteiger partial charge is 0.338 e. The molecule has 0 heterocycles. The first-order valence-corrected chi connectivity index (χ1v) is 7.58. The predicted octanol–water partition coefficient (Wildman–Crippen LogP) is 2.89. The maximum Gasteiger partial charge on any atom is 0.253 e. The number of carbonyl (C=O) groups excluding carboxylic acids is 1. The maximum absolute atomic E-state index is 12.7. The van der Waals surface area contributed by atoms with Crippen LogP contribution in [0.5, 0.6) is 0 Å². The second-order valence-electron chi connectivity index (χ2n) is 6.14. The molecule has 1 aliphatic carbocycles. The van der Waals surface area contributed by atoms with Crippen molar-refractivity contribution in [1.29, 1.82) is 0 Å². The Bertz CT molecular complexity index is 464. The van der Waals surface area contributed by atoms with Crippen LogP contribution in [0.25, 0.3) is 0 Å². The van der Waals surface area contributed by atoms with Gasteiger partial charge in [0.1, 0.15) is 0 Å². The molecule has 0 aliphatic heterocycles. The average Bonchev–Trinajstić information content (AvgIpc) is 2.44. The van der Waals surface area contributed by atoms with Crippen LogP contribution in [-0.2, 0) is 0 Å². The van der Waals surface area contributed by atoms with Crippen molar-refractivity contribution in [3.63, 3.8) is 0 Å². The highest BCUT2D eigenvalue weighted by atomic mass is 16.2. The highest BCUT2D eigenvalue weighted by Gasteiger charge is 2.30. The minimum absolute atomic E-state index is 0.127. The van der Waals surface area contributed by atoms with Crippen molar-refractivity contribution in [3.8, 4) is 0 Å². The van der Waals surface area contributed by atoms with Gasteiger partial charge in [0.05, 0.1) is 0 Å². The summed E-state index contributed by atoms with van der Waals surface area (Å²) in [5.41, 5.74) is 8.96. The van der Waals surface area contributed by atoms with Gasteiger partial charge >= 0.3 is 0 Å². The first kappa shape index (κ1) is 15.0. The number of rotatable bonds is 3. The zero-order chi connectivity index (χ0) is 14.7. The number of carbonyl (C=O) groups is 1. The van der Waals surface area contributed by atoms with Gasteiger partial charge in [-0.05, 0) is 51.3 Å². The highest BCUT2D eigenvalue weighted by molar-refractivity contribution is 5.94. The molecule has 0 aromatic heterocycles. The molecule has 2 rings (SSSR count). The number of benzene rings is 1. The van der Waals surface area contributed by atoms with Gasteiger partial charge in [-0.3, -0.25) is 4.79 Å². The smallest absolute Gasteiger partial charge is 0.253 e. The fourth-order valence-electron chi connectivity index (χ4n) is 3.43. The SMILES string of the molecule is Cc1cc(C)cc(C(=O)N(C)C2CCCCC2CN)c1. The molecule has 1 amide bonds. The molecule has 3 nitrogen and oxygen atoms in total. The first-order chi connectivity index (χ1) is 9.52. The summed E-state index contributed by atoms with van der Waals surface area (Å²) in [6.07, 6.45) is 4.66. The van der Waals surface area contributed by atoms with E-state index in [4.69, 9.17) is 5.73 Å². The van der Waals surface area contributed by atoms with Gasteiger partial charge < -0.3 is 10.6 Å². The van der Waals surface area contributed by atoms with Crippen molar-refractivity contribution in [1.82, 2.24) is 4.90 Å². The van der Waals surface area contributed by atoms with Gasteiger partial charge in [0.2, 0.25) is 0 Å². The lowest BCUT2D eigenvalue weighted by molar-refractivity contribution is 0.0620. The molecular weight excluding hydrogens is 248 g/mol. The van der Waals surface area contributed by atoms with Gasteiger partial charge in [0, 0.05) is 18.7 Å². The third-order valence-electron chi connectivity index (χ3n) is 4.46. The van der Waals surface area contributed by atoms with Crippen LogP contribution in [-0.4, -0.2) is 30.4 Å². The van der Waals surface area contributed by atoms with E-state index in [-0.39, 0.29) is 5.91 Å². The monoisotopic (exact) mass is 274 g/mol. The van der Waals surface area contributed by atoms with Gasteiger partial charge in [0.15, 0.2) is 0 Å². The molecule has 0 bridgehead atoms. The molecule has 1 aromatic carbocycles. The number of hydrogen-bond donors (Lipinski definition) is 1. The van der Waals surface area contributed by atoms with Gasteiger partial charge in [-0.2, -0.15) is 0 Å². The van der Waals surface area contributed by atoms with Crippen LogP contribution in [0.4, 0.5) is 0 Å². The van der Waals surface area contributed by atoms with E-state index in [9.17, 15) is 4.79 Å². The maximum atomic E-state index is 12.7. The summed E-state index contributed by atoms with van der Waals surface area (Å²) in [5.74, 6) is 0.575. The molecule has 0 saturated heterocycles. The van der Waals surface area contributed by atoms with Crippen molar-refractivity contribution < 1.29 is 4.79 Å². The summed E-state index contributed by atoms with van der Waals surface area (Å²) in [7, 11) is 1.93. The fourth-order valence-corrected chi connectivity index (χ4v) is 3.43. The van der Waals surface area contributed by atoms with Crippen LogP contribution < -0.4 is 5.73 Å². The molecule has 1 saturated carbocycles. The van der Waals surface area contributed by atoms with Crippen LogP contribution in [0.15, 0.2) is 18.2 Å². The summed E-state index contributed by atoms with van der Waals surface area (Å²) in [6.45, 7) is 4.75. The molecule has 20 heavy (non-hydrogen) atoms. The van der Waals surface area contributed by atoms with E-state index in [2.05, 4.69) is 6.07 Å². The second-order valence-corrected chi connectivity index (χ2v) is 6.14. The average molecular weight is 274 g/mol. The van der Waals surface area contributed by atoms with Gasteiger partial charge in [-0.1, -0.05) is 30.0 Å². The third-order valence-corrected chi connectivity index (χ3v) is 4.46. The van der Waals surface area contributed by atoms with E-state index in [1.54, 1.807) is 0 Å². The molecule has 2 N–H and O–H groups in total. The lowest BCUT2D eigenvalue weighted by Crippen LogP contribution is -2.45. The minimum atomic E-state index is 0.127. The van der Waals surface area contributed by atoms with Gasteiger partial charge in [0.25, 0.3) is 5.91 Å². The molecular formula is C17H26N2O. The predicted molar refractivity (Wildman–Crippen MR) is 82.8 cm³/mol. The van der Waals surface area contributed by atoms with Crippen molar-refractivity contribution >= 4 is 5.91 Å². The Morgan fingerprint density at radius 1 is 1.20 bits per heavy atom. The Kier molecular flexibility index (Phi) is 4.81. The Morgan fingerprint density at radius 3 is 2.40 bits per heavy atom. The number of aryl methyl sites for hydroxylation is 2. The Morgan fingerprint density at radius 2 is 1.80 bits per heavy atom. The third kappa shape index (κ3) is 3.21. The number of amides is 1. The molecule has 0 spiro atoms. The Labute approximate surface area is 122 Å². The fraction of sp³-hybridized carbons (Fsp3) is 0.588. The van der Waals surface area contributed by atoms with Crippen molar-refractivity contribution in [2.45, 2.75) is 45.6 Å². The van der Waals surface area contributed by atoms with Crippen LogP contribution in [0.2, 0.25) is 0 Å².